The summed E-state index contributed by atoms with van der Waals surface area (Å²) >= 11 is 0. The Morgan fingerprint density at radius 1 is 1.21 bits per heavy atom. The number of aromatic nitrogens is 5. The van der Waals surface area contributed by atoms with Gasteiger partial charge in [-0.2, -0.15) is 10.2 Å². The standard InChI is InChI=1S/C20H22N6O2/c1-12-10-13(2)26(23-12)8-7-21-20(27)15-11-16(17-6-5-9-28-17)22-19-18(15)14(3)24-25(19)4/h5-6,9-11H,7-8H2,1-4H3,(H,21,27). The summed E-state index contributed by atoms with van der Waals surface area (Å²) in [5.74, 6) is 0.440. The van der Waals surface area contributed by atoms with E-state index in [1.165, 1.54) is 0 Å². The molecule has 4 heterocycles. The SMILES string of the molecule is Cc1cc(C)n(CCNC(=O)c2cc(-c3ccco3)nc3c2c(C)nn3C)n1. The largest absolute Gasteiger partial charge is 0.463 e. The molecular weight excluding hydrogens is 356 g/mol. The van der Waals surface area contributed by atoms with Crippen molar-refractivity contribution in [3.05, 3.63) is 53.2 Å². The third-order valence-corrected chi connectivity index (χ3v) is 4.70. The van der Waals surface area contributed by atoms with Crippen LogP contribution in [0.25, 0.3) is 22.5 Å². The molecule has 28 heavy (non-hydrogen) atoms. The number of rotatable bonds is 5. The molecule has 0 unspecified atom stereocenters. The fraction of sp³-hybridized carbons (Fsp3) is 0.300. The first kappa shape index (κ1) is 18.0. The van der Waals surface area contributed by atoms with Gasteiger partial charge in [-0.25, -0.2) is 4.98 Å². The van der Waals surface area contributed by atoms with Gasteiger partial charge in [0.1, 0.15) is 5.69 Å². The molecule has 8 nitrogen and oxygen atoms in total. The van der Waals surface area contributed by atoms with E-state index < -0.39 is 0 Å². The molecule has 0 fully saturated rings. The Labute approximate surface area is 162 Å². The van der Waals surface area contributed by atoms with Crippen LogP contribution < -0.4 is 5.32 Å². The first-order valence-electron chi connectivity index (χ1n) is 9.11. The Balaban J connectivity index is 1.64. The number of pyridine rings is 1. The second kappa shape index (κ2) is 6.95. The lowest BCUT2D eigenvalue weighted by molar-refractivity contribution is 0.0953. The van der Waals surface area contributed by atoms with Gasteiger partial charge in [0.15, 0.2) is 11.4 Å². The van der Waals surface area contributed by atoms with Gasteiger partial charge in [-0.1, -0.05) is 0 Å². The van der Waals surface area contributed by atoms with Crippen LogP contribution in [0.3, 0.4) is 0 Å². The van der Waals surface area contributed by atoms with Gasteiger partial charge >= 0.3 is 0 Å². The number of hydrogen-bond donors (Lipinski definition) is 1. The molecular formula is C20H22N6O2. The van der Waals surface area contributed by atoms with E-state index >= 15 is 0 Å². The lowest BCUT2D eigenvalue weighted by Gasteiger charge is -2.09. The third-order valence-electron chi connectivity index (χ3n) is 4.70. The molecule has 1 N–H and O–H groups in total. The Morgan fingerprint density at radius 3 is 2.71 bits per heavy atom. The van der Waals surface area contributed by atoms with E-state index in [9.17, 15) is 4.79 Å². The molecule has 0 aliphatic heterocycles. The molecule has 4 aromatic rings. The van der Waals surface area contributed by atoms with Crippen molar-refractivity contribution in [3.8, 4) is 11.5 Å². The molecule has 1 amide bonds. The van der Waals surface area contributed by atoms with E-state index in [2.05, 4.69) is 20.5 Å². The zero-order valence-corrected chi connectivity index (χ0v) is 16.4. The molecule has 0 saturated heterocycles. The predicted octanol–water partition coefficient (Wildman–Crippen LogP) is 2.78. The molecule has 0 bridgehead atoms. The molecule has 8 heteroatoms. The normalized spacial score (nSPS) is 11.3. The van der Waals surface area contributed by atoms with E-state index in [1.54, 1.807) is 23.1 Å². The van der Waals surface area contributed by atoms with E-state index in [0.717, 1.165) is 22.5 Å². The van der Waals surface area contributed by atoms with Crippen molar-refractivity contribution < 1.29 is 9.21 Å². The maximum absolute atomic E-state index is 13.0. The van der Waals surface area contributed by atoms with Crippen LogP contribution in [0.15, 0.2) is 34.9 Å². The number of nitrogens with one attached hydrogen (secondary N) is 1. The lowest BCUT2D eigenvalue weighted by Crippen LogP contribution is -2.28. The first-order valence-corrected chi connectivity index (χ1v) is 9.11. The van der Waals surface area contributed by atoms with Crippen LogP contribution in [-0.2, 0) is 13.6 Å². The van der Waals surface area contributed by atoms with Crippen molar-refractivity contribution in [1.82, 2.24) is 29.9 Å². The van der Waals surface area contributed by atoms with Crippen LogP contribution in [0.2, 0.25) is 0 Å². The van der Waals surface area contributed by atoms with E-state index in [4.69, 9.17) is 4.42 Å². The quantitative estimate of drug-likeness (QED) is 0.577. The second-order valence-corrected chi connectivity index (χ2v) is 6.85. The fourth-order valence-electron chi connectivity index (χ4n) is 3.45. The van der Waals surface area contributed by atoms with Gasteiger partial charge in [0.25, 0.3) is 5.91 Å². The minimum absolute atomic E-state index is 0.169. The number of amides is 1. The average Bonchev–Trinajstić information content (AvgIpc) is 3.36. The van der Waals surface area contributed by atoms with Crippen molar-refractivity contribution in [3.63, 3.8) is 0 Å². The van der Waals surface area contributed by atoms with Crippen LogP contribution in [0.1, 0.15) is 27.4 Å². The van der Waals surface area contributed by atoms with Gasteiger partial charge in [0.2, 0.25) is 0 Å². The molecule has 0 spiro atoms. The summed E-state index contributed by atoms with van der Waals surface area (Å²) in [5.41, 5.74) is 4.59. The highest BCUT2D eigenvalue weighted by Gasteiger charge is 2.20. The molecule has 144 valence electrons. The van der Waals surface area contributed by atoms with Gasteiger partial charge in [0.05, 0.1) is 35.1 Å². The van der Waals surface area contributed by atoms with Crippen LogP contribution in [-0.4, -0.2) is 37.0 Å². The molecule has 0 radical (unpaired) electrons. The number of carbonyl (C=O) groups is 1. The van der Waals surface area contributed by atoms with E-state index in [-0.39, 0.29) is 5.91 Å². The summed E-state index contributed by atoms with van der Waals surface area (Å²) in [7, 11) is 1.82. The minimum Gasteiger partial charge on any atom is -0.463 e. The summed E-state index contributed by atoms with van der Waals surface area (Å²) in [5, 5.41) is 12.6. The topological polar surface area (TPSA) is 90.8 Å². The Bertz CT molecular complexity index is 1150. The Hall–Kier alpha value is -3.42. The number of hydrogen-bond acceptors (Lipinski definition) is 5. The van der Waals surface area contributed by atoms with Crippen molar-refractivity contribution in [2.75, 3.05) is 6.54 Å². The Kier molecular flexibility index (Phi) is 4.46. The zero-order chi connectivity index (χ0) is 19.8. The molecule has 0 aromatic carbocycles. The van der Waals surface area contributed by atoms with Crippen molar-refractivity contribution in [1.29, 1.82) is 0 Å². The number of furan rings is 1. The molecule has 0 aliphatic carbocycles. The molecule has 4 aromatic heterocycles. The fourth-order valence-corrected chi connectivity index (χ4v) is 3.45. The number of fused-ring (bicyclic) bond motifs is 1. The summed E-state index contributed by atoms with van der Waals surface area (Å²) in [6.07, 6.45) is 1.59. The van der Waals surface area contributed by atoms with E-state index in [0.29, 0.717) is 35.8 Å². The van der Waals surface area contributed by atoms with Gasteiger partial charge in [0, 0.05) is 19.3 Å². The van der Waals surface area contributed by atoms with Crippen LogP contribution in [0, 0.1) is 20.8 Å². The first-order chi connectivity index (χ1) is 13.4. The van der Waals surface area contributed by atoms with Gasteiger partial charge in [-0.15, -0.1) is 0 Å². The monoisotopic (exact) mass is 378 g/mol. The highest BCUT2D eigenvalue weighted by molar-refractivity contribution is 6.07. The molecule has 0 aliphatic rings. The highest BCUT2D eigenvalue weighted by Crippen LogP contribution is 2.27. The van der Waals surface area contributed by atoms with E-state index in [1.807, 2.05) is 44.6 Å². The highest BCUT2D eigenvalue weighted by atomic mass is 16.3. The zero-order valence-electron chi connectivity index (χ0n) is 16.4. The van der Waals surface area contributed by atoms with Gasteiger partial charge < -0.3 is 9.73 Å². The number of carbonyl (C=O) groups excluding carboxylic acids is 1. The lowest BCUT2D eigenvalue weighted by atomic mass is 10.1. The van der Waals surface area contributed by atoms with Gasteiger partial charge in [-0.05, 0) is 45.0 Å². The number of aryl methyl sites for hydroxylation is 4. The number of nitrogens with zero attached hydrogens (tertiary/aromatic N) is 5. The van der Waals surface area contributed by atoms with Crippen molar-refractivity contribution >= 4 is 16.9 Å². The molecule has 0 atom stereocenters. The molecule has 0 saturated carbocycles. The van der Waals surface area contributed by atoms with Crippen molar-refractivity contribution in [2.24, 2.45) is 7.05 Å². The van der Waals surface area contributed by atoms with Crippen molar-refractivity contribution in [2.45, 2.75) is 27.3 Å². The Morgan fingerprint density at radius 2 is 2.04 bits per heavy atom. The van der Waals surface area contributed by atoms with Crippen LogP contribution in [0.4, 0.5) is 0 Å². The predicted molar refractivity (Wildman–Crippen MR) is 105 cm³/mol. The minimum atomic E-state index is -0.169. The summed E-state index contributed by atoms with van der Waals surface area (Å²) in [6.45, 7) is 6.92. The maximum atomic E-state index is 13.0. The van der Waals surface area contributed by atoms with Crippen LogP contribution >= 0.6 is 0 Å². The third kappa shape index (κ3) is 3.17. The summed E-state index contributed by atoms with van der Waals surface area (Å²) < 4.78 is 9.04. The smallest absolute Gasteiger partial charge is 0.252 e. The van der Waals surface area contributed by atoms with Crippen LogP contribution in [0.5, 0.6) is 0 Å². The molecule has 4 rings (SSSR count). The summed E-state index contributed by atoms with van der Waals surface area (Å²) in [4.78, 5) is 17.6. The second-order valence-electron chi connectivity index (χ2n) is 6.85. The summed E-state index contributed by atoms with van der Waals surface area (Å²) in [6, 6.07) is 7.39. The van der Waals surface area contributed by atoms with Gasteiger partial charge in [-0.3, -0.25) is 14.2 Å². The maximum Gasteiger partial charge on any atom is 0.252 e. The average molecular weight is 378 g/mol.